The number of rotatable bonds is 4. The molecule has 3 aliphatic rings. The maximum atomic E-state index is 12.5. The predicted molar refractivity (Wildman–Crippen MR) is 140 cm³/mol. The van der Waals surface area contributed by atoms with E-state index in [1.807, 2.05) is 6.92 Å². The molecule has 0 radical (unpaired) electrons. The number of piperazine rings is 1. The molecule has 2 aromatic heterocycles. The Morgan fingerprint density at radius 1 is 1.14 bits per heavy atom. The van der Waals surface area contributed by atoms with Gasteiger partial charge in [-0.1, -0.05) is 18.2 Å². The summed E-state index contributed by atoms with van der Waals surface area (Å²) in [6.45, 7) is 7.28. The molecule has 2 saturated heterocycles. The van der Waals surface area contributed by atoms with Gasteiger partial charge in [-0.2, -0.15) is 12.6 Å². The Kier molecular flexibility index (Phi) is 6.00. The van der Waals surface area contributed by atoms with Gasteiger partial charge in [0.2, 0.25) is 11.8 Å². The highest BCUT2D eigenvalue weighted by atomic mass is 32.1. The quantitative estimate of drug-likeness (QED) is 0.414. The standard InChI is InChI=1S/C25H28N6O2S2/c1-15-26-22(18-7-12-35-24(18)27-15)30-10-8-29(9-11-30)13-16-3-2-4-17-19(16)14-31(25(17)34)20-5-6-21(32)28-23(20)33/h2-4,7,12,20,25,34H,5-6,8-11,13-14H2,1H3,(H,28,32,33). The van der Waals surface area contributed by atoms with Gasteiger partial charge in [0.05, 0.1) is 16.8 Å². The van der Waals surface area contributed by atoms with Gasteiger partial charge in [-0.15, -0.1) is 11.3 Å². The first-order valence-corrected chi connectivity index (χ1v) is 13.4. The number of fused-ring (bicyclic) bond motifs is 2. The van der Waals surface area contributed by atoms with E-state index in [9.17, 15) is 9.59 Å². The van der Waals surface area contributed by atoms with Gasteiger partial charge in [-0.3, -0.25) is 24.7 Å². The van der Waals surface area contributed by atoms with Crippen molar-refractivity contribution >= 4 is 51.8 Å². The van der Waals surface area contributed by atoms with Crippen LogP contribution in [-0.4, -0.2) is 63.8 Å². The molecule has 2 unspecified atom stereocenters. The number of carbonyl (C=O) groups excluding carboxylic acids is 2. The Labute approximate surface area is 213 Å². The van der Waals surface area contributed by atoms with Gasteiger partial charge in [-0.05, 0) is 41.5 Å². The zero-order chi connectivity index (χ0) is 24.1. The molecule has 0 bridgehead atoms. The normalized spacial score (nSPS) is 23.7. The van der Waals surface area contributed by atoms with E-state index in [4.69, 9.17) is 17.6 Å². The number of aromatic nitrogens is 2. The summed E-state index contributed by atoms with van der Waals surface area (Å²) in [4.78, 5) is 41.5. The number of hydrogen-bond donors (Lipinski definition) is 2. The molecule has 8 nitrogen and oxygen atoms in total. The van der Waals surface area contributed by atoms with E-state index in [-0.39, 0.29) is 23.2 Å². The molecule has 0 aliphatic carbocycles. The first-order chi connectivity index (χ1) is 17.0. The Morgan fingerprint density at radius 3 is 2.77 bits per heavy atom. The number of carbonyl (C=O) groups is 2. The lowest BCUT2D eigenvalue weighted by atomic mass is 10.0. The SMILES string of the molecule is Cc1nc(N2CCN(Cc3cccc4c3CN(C3CCC(=O)NC3=O)C4S)CC2)c2ccsc2n1. The van der Waals surface area contributed by atoms with Gasteiger partial charge in [0, 0.05) is 45.7 Å². The number of hydrogen-bond acceptors (Lipinski definition) is 9. The highest BCUT2D eigenvalue weighted by molar-refractivity contribution is 7.80. The van der Waals surface area contributed by atoms with Crippen LogP contribution in [0, 0.1) is 6.92 Å². The fourth-order valence-corrected chi connectivity index (χ4v) is 6.80. The number of piperidine rings is 1. The van der Waals surface area contributed by atoms with E-state index in [2.05, 4.69) is 54.6 Å². The van der Waals surface area contributed by atoms with Gasteiger partial charge in [-0.25, -0.2) is 9.97 Å². The van der Waals surface area contributed by atoms with Crippen molar-refractivity contribution in [3.05, 3.63) is 52.2 Å². The number of nitrogens with one attached hydrogen (secondary N) is 1. The van der Waals surface area contributed by atoms with Crippen molar-refractivity contribution in [3.8, 4) is 0 Å². The molecule has 0 spiro atoms. The van der Waals surface area contributed by atoms with Crippen LogP contribution < -0.4 is 10.2 Å². The second kappa shape index (κ2) is 9.16. The molecule has 1 aromatic carbocycles. The van der Waals surface area contributed by atoms with Crippen molar-refractivity contribution in [1.29, 1.82) is 0 Å². The Hall–Kier alpha value is -2.53. The van der Waals surface area contributed by atoms with Crippen LogP contribution in [0.2, 0.25) is 0 Å². The molecule has 1 N–H and O–H groups in total. The van der Waals surface area contributed by atoms with Crippen LogP contribution >= 0.6 is 24.0 Å². The fourth-order valence-electron chi connectivity index (χ4n) is 5.51. The lowest BCUT2D eigenvalue weighted by Crippen LogP contribution is -2.51. The summed E-state index contributed by atoms with van der Waals surface area (Å²) in [6.07, 6.45) is 0.928. The molecule has 3 aliphatic heterocycles. The number of imide groups is 1. The first kappa shape index (κ1) is 22.9. The third-order valence-electron chi connectivity index (χ3n) is 7.34. The molecule has 2 atom stereocenters. The van der Waals surface area contributed by atoms with Gasteiger partial charge in [0.25, 0.3) is 0 Å². The summed E-state index contributed by atoms with van der Waals surface area (Å²) in [5.41, 5.74) is 3.74. The lowest BCUT2D eigenvalue weighted by molar-refractivity contribution is -0.137. The second-order valence-corrected chi connectivity index (χ2v) is 10.9. The first-order valence-electron chi connectivity index (χ1n) is 12.1. The molecule has 182 valence electrons. The maximum absolute atomic E-state index is 12.5. The fraction of sp³-hybridized carbons (Fsp3) is 0.440. The van der Waals surface area contributed by atoms with Crippen molar-refractivity contribution in [2.45, 2.75) is 44.3 Å². The molecule has 2 amide bonds. The largest absolute Gasteiger partial charge is 0.353 e. The highest BCUT2D eigenvalue weighted by Crippen LogP contribution is 2.41. The van der Waals surface area contributed by atoms with Gasteiger partial charge < -0.3 is 4.90 Å². The molecule has 10 heteroatoms. The Morgan fingerprint density at radius 2 is 1.97 bits per heavy atom. The van der Waals surface area contributed by atoms with Gasteiger partial charge in [0.1, 0.15) is 16.5 Å². The predicted octanol–water partition coefficient (Wildman–Crippen LogP) is 2.87. The highest BCUT2D eigenvalue weighted by Gasteiger charge is 2.39. The molecular weight excluding hydrogens is 480 g/mol. The average molecular weight is 509 g/mol. The summed E-state index contributed by atoms with van der Waals surface area (Å²) >= 11 is 6.53. The van der Waals surface area contributed by atoms with Crippen LogP contribution in [0.1, 0.15) is 40.7 Å². The number of anilines is 1. The number of benzene rings is 1. The van der Waals surface area contributed by atoms with Crippen LogP contribution in [0.5, 0.6) is 0 Å². The van der Waals surface area contributed by atoms with Crippen LogP contribution in [0.15, 0.2) is 29.6 Å². The minimum Gasteiger partial charge on any atom is -0.353 e. The van der Waals surface area contributed by atoms with Crippen LogP contribution in [0.3, 0.4) is 0 Å². The Balaban J connectivity index is 1.15. The van der Waals surface area contributed by atoms with Crippen LogP contribution in [-0.2, 0) is 22.7 Å². The summed E-state index contributed by atoms with van der Waals surface area (Å²) in [6, 6.07) is 8.21. The van der Waals surface area contributed by atoms with Crippen molar-refractivity contribution in [1.82, 2.24) is 25.1 Å². The monoisotopic (exact) mass is 508 g/mol. The maximum Gasteiger partial charge on any atom is 0.243 e. The number of thiophene rings is 1. The van der Waals surface area contributed by atoms with Crippen LogP contribution in [0.4, 0.5) is 5.82 Å². The van der Waals surface area contributed by atoms with Gasteiger partial charge >= 0.3 is 0 Å². The summed E-state index contributed by atoms with van der Waals surface area (Å²) in [7, 11) is 0. The second-order valence-electron chi connectivity index (χ2n) is 9.49. The molecule has 3 aromatic rings. The molecular formula is C25H28N6O2S2. The summed E-state index contributed by atoms with van der Waals surface area (Å²) in [5.74, 6) is 1.48. The minimum atomic E-state index is -0.316. The molecule has 0 saturated carbocycles. The van der Waals surface area contributed by atoms with Crippen molar-refractivity contribution in [3.63, 3.8) is 0 Å². The molecule has 2 fully saturated rings. The number of nitrogens with zero attached hydrogens (tertiary/aromatic N) is 5. The molecule has 35 heavy (non-hydrogen) atoms. The zero-order valence-corrected chi connectivity index (χ0v) is 21.3. The van der Waals surface area contributed by atoms with Crippen molar-refractivity contribution < 1.29 is 9.59 Å². The van der Waals surface area contributed by atoms with E-state index in [1.165, 1.54) is 16.7 Å². The minimum absolute atomic E-state index is 0.139. The van der Waals surface area contributed by atoms with E-state index in [0.717, 1.165) is 54.6 Å². The summed E-state index contributed by atoms with van der Waals surface area (Å²) in [5, 5.41) is 5.58. The van der Waals surface area contributed by atoms with E-state index in [1.54, 1.807) is 11.3 Å². The van der Waals surface area contributed by atoms with E-state index < -0.39 is 0 Å². The van der Waals surface area contributed by atoms with E-state index in [0.29, 0.717) is 19.4 Å². The Bertz CT molecular complexity index is 1300. The van der Waals surface area contributed by atoms with Crippen molar-refractivity contribution in [2.24, 2.45) is 0 Å². The lowest BCUT2D eigenvalue weighted by Gasteiger charge is -2.36. The zero-order valence-electron chi connectivity index (χ0n) is 19.6. The van der Waals surface area contributed by atoms with E-state index >= 15 is 0 Å². The topological polar surface area (TPSA) is 81.7 Å². The third kappa shape index (κ3) is 4.22. The number of thiol groups is 1. The third-order valence-corrected chi connectivity index (χ3v) is 8.72. The smallest absolute Gasteiger partial charge is 0.243 e. The average Bonchev–Trinajstić information content (AvgIpc) is 3.44. The molecule has 6 rings (SSSR count). The van der Waals surface area contributed by atoms with Gasteiger partial charge in [0.15, 0.2) is 0 Å². The van der Waals surface area contributed by atoms with Crippen LogP contribution in [0.25, 0.3) is 10.2 Å². The number of amides is 2. The number of aryl methyl sites for hydroxylation is 1. The van der Waals surface area contributed by atoms with Crippen molar-refractivity contribution in [2.75, 3.05) is 31.1 Å². The summed E-state index contributed by atoms with van der Waals surface area (Å²) < 4.78 is 0. The molecule has 5 heterocycles.